The van der Waals surface area contributed by atoms with Crippen molar-refractivity contribution >= 4 is 27.5 Å². The Balaban J connectivity index is 1.76. The second-order valence-corrected chi connectivity index (χ2v) is 6.44. The highest BCUT2D eigenvalue weighted by Gasteiger charge is 2.08. The Morgan fingerprint density at radius 2 is 1.72 bits per heavy atom. The van der Waals surface area contributed by atoms with Gasteiger partial charge in [0.1, 0.15) is 5.75 Å². The van der Waals surface area contributed by atoms with E-state index in [-0.39, 0.29) is 11.9 Å². The molecule has 0 radical (unpaired) electrons. The molecule has 5 nitrogen and oxygen atoms in total. The molecule has 0 saturated carbocycles. The Labute approximate surface area is 154 Å². The van der Waals surface area contributed by atoms with Gasteiger partial charge in [0, 0.05) is 33.2 Å². The molecule has 0 fully saturated rings. The van der Waals surface area contributed by atoms with Gasteiger partial charge >= 0.3 is 6.01 Å². The van der Waals surface area contributed by atoms with E-state index >= 15 is 0 Å². The molecule has 0 aliphatic heterocycles. The summed E-state index contributed by atoms with van der Waals surface area (Å²) in [6.45, 7) is 3.77. The first-order valence-electron chi connectivity index (χ1n) is 7.67. The van der Waals surface area contributed by atoms with Gasteiger partial charge in [0.05, 0.1) is 0 Å². The highest BCUT2D eigenvalue weighted by molar-refractivity contribution is 9.10. The number of carbonyl (C=O) groups excluding carboxylic acids is 1. The van der Waals surface area contributed by atoms with E-state index in [1.54, 1.807) is 36.4 Å². The topological polar surface area (TPSA) is 64.1 Å². The van der Waals surface area contributed by atoms with E-state index in [4.69, 9.17) is 4.74 Å². The third-order valence-corrected chi connectivity index (χ3v) is 3.84. The number of ether oxygens (including phenoxy) is 1. The molecule has 2 aromatic carbocycles. The minimum Gasteiger partial charge on any atom is -0.424 e. The summed E-state index contributed by atoms with van der Waals surface area (Å²) >= 11 is 3.36. The van der Waals surface area contributed by atoms with Crippen LogP contribution < -0.4 is 10.1 Å². The summed E-state index contributed by atoms with van der Waals surface area (Å²) in [5.41, 5.74) is 2.87. The molecule has 1 heterocycles. The number of nitrogens with one attached hydrogen (secondary N) is 1. The monoisotopic (exact) mass is 397 g/mol. The molecule has 0 spiro atoms. The zero-order valence-corrected chi connectivity index (χ0v) is 15.4. The largest absolute Gasteiger partial charge is 0.424 e. The van der Waals surface area contributed by atoms with Crippen LogP contribution in [0.15, 0.2) is 59.1 Å². The van der Waals surface area contributed by atoms with Gasteiger partial charge in [-0.3, -0.25) is 4.79 Å². The summed E-state index contributed by atoms with van der Waals surface area (Å²) in [5, 5.41) is 2.85. The molecule has 0 bridgehead atoms. The third kappa shape index (κ3) is 4.64. The zero-order valence-electron chi connectivity index (χ0n) is 13.8. The van der Waals surface area contributed by atoms with Crippen LogP contribution >= 0.6 is 15.9 Å². The maximum Gasteiger partial charge on any atom is 0.322 e. The van der Waals surface area contributed by atoms with Gasteiger partial charge in [0.15, 0.2) is 0 Å². The minimum absolute atomic E-state index is 0.193. The number of hydrogen-bond donors (Lipinski definition) is 1. The van der Waals surface area contributed by atoms with E-state index in [1.807, 2.05) is 32.0 Å². The van der Waals surface area contributed by atoms with Crippen LogP contribution in [0.2, 0.25) is 0 Å². The smallest absolute Gasteiger partial charge is 0.322 e. The predicted octanol–water partition coefficient (Wildman–Crippen LogP) is 4.90. The van der Waals surface area contributed by atoms with Crippen molar-refractivity contribution in [3.05, 3.63) is 76.0 Å². The molecule has 126 valence electrons. The van der Waals surface area contributed by atoms with E-state index < -0.39 is 0 Å². The van der Waals surface area contributed by atoms with Gasteiger partial charge in [0.25, 0.3) is 5.91 Å². The number of benzene rings is 2. The Kier molecular flexibility index (Phi) is 5.09. The first-order chi connectivity index (χ1) is 12.0. The molecule has 0 atom stereocenters. The molecule has 1 aromatic heterocycles. The van der Waals surface area contributed by atoms with Crippen LogP contribution in [-0.4, -0.2) is 15.9 Å². The third-order valence-electron chi connectivity index (χ3n) is 3.35. The molecule has 1 N–H and O–H groups in total. The Morgan fingerprint density at radius 1 is 1.00 bits per heavy atom. The van der Waals surface area contributed by atoms with Gasteiger partial charge in [0.2, 0.25) is 0 Å². The van der Waals surface area contributed by atoms with Crippen molar-refractivity contribution in [2.24, 2.45) is 0 Å². The van der Waals surface area contributed by atoms with Gasteiger partial charge < -0.3 is 10.1 Å². The minimum atomic E-state index is -0.193. The number of aromatic nitrogens is 2. The van der Waals surface area contributed by atoms with Gasteiger partial charge in [-0.1, -0.05) is 28.1 Å². The fourth-order valence-electron chi connectivity index (χ4n) is 2.31. The molecule has 0 aliphatic carbocycles. The normalized spacial score (nSPS) is 10.4. The highest BCUT2D eigenvalue weighted by atomic mass is 79.9. The lowest BCUT2D eigenvalue weighted by Crippen LogP contribution is -2.11. The summed E-state index contributed by atoms with van der Waals surface area (Å²) in [7, 11) is 0. The maximum absolute atomic E-state index is 12.3. The number of amides is 1. The Morgan fingerprint density at radius 3 is 2.44 bits per heavy atom. The predicted molar refractivity (Wildman–Crippen MR) is 100 cm³/mol. The Hall–Kier alpha value is -2.73. The second-order valence-electron chi connectivity index (χ2n) is 5.53. The molecule has 3 rings (SSSR count). The van der Waals surface area contributed by atoms with Crippen LogP contribution in [0.4, 0.5) is 5.69 Å². The molecule has 3 aromatic rings. The Bertz CT molecular complexity index is 908. The standard InChI is InChI=1S/C19H16BrN3O2/c1-12-9-13(2)22-19(21-12)25-17-8-4-7-16(11-17)23-18(24)14-5-3-6-15(20)10-14/h3-11H,1-2H3,(H,23,24). The fourth-order valence-corrected chi connectivity index (χ4v) is 2.71. The van der Waals surface area contributed by atoms with Crippen LogP contribution in [0.3, 0.4) is 0 Å². The van der Waals surface area contributed by atoms with E-state index in [0.29, 0.717) is 17.0 Å². The van der Waals surface area contributed by atoms with Crippen LogP contribution in [0.25, 0.3) is 0 Å². The number of aryl methyl sites for hydroxylation is 2. The SMILES string of the molecule is Cc1cc(C)nc(Oc2cccc(NC(=O)c3cccc(Br)c3)c2)n1. The summed E-state index contributed by atoms with van der Waals surface area (Å²) in [6.07, 6.45) is 0. The lowest BCUT2D eigenvalue weighted by Gasteiger charge is -2.09. The van der Waals surface area contributed by atoms with Gasteiger partial charge in [-0.2, -0.15) is 0 Å². The molecule has 0 aliphatic rings. The van der Waals surface area contributed by atoms with E-state index in [0.717, 1.165) is 15.9 Å². The van der Waals surface area contributed by atoms with Crippen molar-refractivity contribution in [2.45, 2.75) is 13.8 Å². The molecule has 6 heteroatoms. The number of rotatable bonds is 4. The lowest BCUT2D eigenvalue weighted by atomic mass is 10.2. The van der Waals surface area contributed by atoms with Gasteiger partial charge in [-0.05, 0) is 50.2 Å². The average Bonchev–Trinajstić information content (AvgIpc) is 2.54. The quantitative estimate of drug-likeness (QED) is 0.679. The number of anilines is 1. The number of nitrogens with zero attached hydrogens (tertiary/aromatic N) is 2. The van der Waals surface area contributed by atoms with E-state index in [1.165, 1.54) is 0 Å². The molecular weight excluding hydrogens is 382 g/mol. The number of hydrogen-bond acceptors (Lipinski definition) is 4. The van der Waals surface area contributed by atoms with Crippen molar-refractivity contribution in [3.8, 4) is 11.8 Å². The van der Waals surface area contributed by atoms with Crippen molar-refractivity contribution in [1.29, 1.82) is 0 Å². The van der Waals surface area contributed by atoms with Crippen LogP contribution in [0.1, 0.15) is 21.7 Å². The first kappa shape index (κ1) is 17.1. The summed E-state index contributed by atoms with van der Waals surface area (Å²) < 4.78 is 6.56. The van der Waals surface area contributed by atoms with Gasteiger partial charge in [-0.15, -0.1) is 0 Å². The first-order valence-corrected chi connectivity index (χ1v) is 8.46. The van der Waals surface area contributed by atoms with Crippen LogP contribution in [-0.2, 0) is 0 Å². The van der Waals surface area contributed by atoms with Crippen LogP contribution in [0.5, 0.6) is 11.8 Å². The zero-order chi connectivity index (χ0) is 17.8. The second kappa shape index (κ2) is 7.44. The average molecular weight is 398 g/mol. The van der Waals surface area contributed by atoms with Crippen molar-refractivity contribution in [1.82, 2.24) is 9.97 Å². The molecule has 0 saturated heterocycles. The lowest BCUT2D eigenvalue weighted by molar-refractivity contribution is 0.102. The summed E-state index contributed by atoms with van der Waals surface area (Å²) in [5.74, 6) is 0.359. The van der Waals surface area contributed by atoms with Crippen molar-refractivity contribution in [2.75, 3.05) is 5.32 Å². The van der Waals surface area contributed by atoms with Crippen molar-refractivity contribution < 1.29 is 9.53 Å². The maximum atomic E-state index is 12.3. The number of halogens is 1. The molecule has 25 heavy (non-hydrogen) atoms. The highest BCUT2D eigenvalue weighted by Crippen LogP contribution is 2.23. The summed E-state index contributed by atoms with van der Waals surface area (Å²) in [4.78, 5) is 20.8. The number of carbonyl (C=O) groups is 1. The van der Waals surface area contributed by atoms with Crippen LogP contribution in [0, 0.1) is 13.8 Å². The van der Waals surface area contributed by atoms with E-state index in [9.17, 15) is 4.79 Å². The fraction of sp³-hybridized carbons (Fsp3) is 0.105. The summed E-state index contributed by atoms with van der Waals surface area (Å²) in [6, 6.07) is 16.5. The van der Waals surface area contributed by atoms with E-state index in [2.05, 4.69) is 31.2 Å². The molecular formula is C19H16BrN3O2. The van der Waals surface area contributed by atoms with Gasteiger partial charge in [-0.25, -0.2) is 9.97 Å². The molecule has 1 amide bonds. The molecule has 0 unspecified atom stereocenters. The van der Waals surface area contributed by atoms with Crippen molar-refractivity contribution in [3.63, 3.8) is 0 Å².